The molecule has 6 nitrogen and oxygen atoms in total. The Morgan fingerprint density at radius 3 is 2.36 bits per heavy atom. The number of nitrogens with one attached hydrogen (secondary N) is 1. The maximum Gasteiger partial charge on any atom is 0.244 e. The van der Waals surface area contributed by atoms with E-state index in [2.05, 4.69) is 56.6 Å². The lowest BCUT2D eigenvalue weighted by molar-refractivity contribution is -0.119. The first kappa shape index (κ1) is 25.3. The fraction of sp³-hybridized carbons (Fsp3) is 0.320. The molecule has 172 valence electrons. The molecular formula is C25H26IN3O3S. The molecule has 1 aliphatic heterocycles. The van der Waals surface area contributed by atoms with Gasteiger partial charge in [0.15, 0.2) is 0 Å². The van der Waals surface area contributed by atoms with Crippen LogP contribution < -0.4 is 5.32 Å². The zero-order valence-electron chi connectivity index (χ0n) is 18.3. The van der Waals surface area contributed by atoms with Crippen LogP contribution in [0.15, 0.2) is 59.5 Å². The number of sulfonamides is 1. The summed E-state index contributed by atoms with van der Waals surface area (Å²) in [4.78, 5) is 14.6. The second-order valence-corrected chi connectivity index (χ2v) is 10.6. The molecule has 1 saturated heterocycles. The zero-order chi connectivity index (χ0) is 23.5. The summed E-state index contributed by atoms with van der Waals surface area (Å²) in [5, 5.41) is 2.54. The number of nitrogens with zero attached hydrogens (tertiary/aromatic N) is 2. The van der Waals surface area contributed by atoms with Gasteiger partial charge in [0.25, 0.3) is 0 Å². The third kappa shape index (κ3) is 7.86. The van der Waals surface area contributed by atoms with Gasteiger partial charge in [-0.3, -0.25) is 15.0 Å². The molecule has 2 aromatic carbocycles. The summed E-state index contributed by atoms with van der Waals surface area (Å²) in [6, 6.07) is 18.5. The van der Waals surface area contributed by atoms with Gasteiger partial charge in [0.05, 0.1) is 31.0 Å². The molecule has 2 aromatic rings. The van der Waals surface area contributed by atoms with Crippen LogP contribution in [-0.4, -0.2) is 56.3 Å². The third-order valence-corrected chi connectivity index (χ3v) is 7.98. The monoisotopic (exact) mass is 575 g/mol. The highest BCUT2D eigenvalue weighted by Crippen LogP contribution is 2.14. The van der Waals surface area contributed by atoms with Crippen LogP contribution in [0.5, 0.6) is 0 Å². The van der Waals surface area contributed by atoms with Gasteiger partial charge >= 0.3 is 0 Å². The van der Waals surface area contributed by atoms with Gasteiger partial charge < -0.3 is 0 Å². The van der Waals surface area contributed by atoms with Gasteiger partial charge in [0.2, 0.25) is 15.9 Å². The van der Waals surface area contributed by atoms with E-state index in [1.54, 1.807) is 30.3 Å². The largest absolute Gasteiger partial charge is 0.292 e. The molecule has 1 fully saturated rings. The van der Waals surface area contributed by atoms with Gasteiger partial charge in [-0.05, 0) is 72.3 Å². The average Bonchev–Trinajstić information content (AvgIpc) is 3.33. The van der Waals surface area contributed by atoms with Crippen LogP contribution in [0.25, 0.3) is 0 Å². The number of benzene rings is 2. The molecule has 1 aliphatic rings. The van der Waals surface area contributed by atoms with Gasteiger partial charge in [-0.1, -0.05) is 54.2 Å². The number of halogens is 1. The predicted octanol–water partition coefficient (Wildman–Crippen LogP) is 2.70. The molecule has 1 heterocycles. The van der Waals surface area contributed by atoms with Crippen molar-refractivity contribution < 1.29 is 13.2 Å². The number of carbonyl (C=O) groups excluding carboxylic acids is 1. The Labute approximate surface area is 209 Å². The molecular weight excluding hydrogens is 549 g/mol. The van der Waals surface area contributed by atoms with E-state index in [0.29, 0.717) is 6.54 Å². The van der Waals surface area contributed by atoms with Crippen LogP contribution in [-0.2, 0) is 21.2 Å². The topological polar surface area (TPSA) is 69.7 Å². The summed E-state index contributed by atoms with van der Waals surface area (Å²) in [5.41, 5.74) is 0.916. The molecule has 0 unspecified atom stereocenters. The SMILES string of the molecule is O=C(Cc1ccccc1I)NC#CCN(CC#CCN1CCCC1)S(=O)(=O)c1ccccc1. The Kier molecular flexibility index (Phi) is 9.76. The highest BCUT2D eigenvalue weighted by atomic mass is 127. The summed E-state index contributed by atoms with van der Waals surface area (Å²) in [6.45, 7) is 2.68. The van der Waals surface area contributed by atoms with E-state index in [9.17, 15) is 13.2 Å². The van der Waals surface area contributed by atoms with Crippen molar-refractivity contribution in [3.63, 3.8) is 0 Å². The number of amides is 1. The standard InChI is InChI=1S/C25H26IN3O3S/c26-24-14-5-4-11-22(24)21-25(30)27-15-10-20-29(19-9-8-18-28-16-6-7-17-28)33(31,32)23-12-2-1-3-13-23/h1-5,11-14H,6-7,16-21H2,(H,27,30). The van der Waals surface area contributed by atoms with Crippen molar-refractivity contribution in [1.82, 2.24) is 14.5 Å². The number of likely N-dealkylation sites (tertiary alicyclic amines) is 1. The van der Waals surface area contributed by atoms with Gasteiger partial charge in [-0.25, -0.2) is 8.42 Å². The molecule has 8 heteroatoms. The lowest BCUT2D eigenvalue weighted by atomic mass is 10.1. The Balaban J connectivity index is 1.63. The van der Waals surface area contributed by atoms with Crippen LogP contribution in [0, 0.1) is 27.4 Å². The lowest BCUT2D eigenvalue weighted by Gasteiger charge is -2.17. The predicted molar refractivity (Wildman–Crippen MR) is 137 cm³/mol. The number of hydrogen-bond donors (Lipinski definition) is 1. The minimum atomic E-state index is -3.75. The fourth-order valence-electron chi connectivity index (χ4n) is 3.32. The first-order chi connectivity index (χ1) is 16.0. The van der Waals surface area contributed by atoms with E-state index in [0.717, 1.165) is 22.2 Å². The van der Waals surface area contributed by atoms with Crippen molar-refractivity contribution in [3.05, 3.63) is 63.7 Å². The highest BCUT2D eigenvalue weighted by molar-refractivity contribution is 14.1. The molecule has 0 atom stereocenters. The molecule has 0 bridgehead atoms. The average molecular weight is 575 g/mol. The normalized spacial score (nSPS) is 13.6. The highest BCUT2D eigenvalue weighted by Gasteiger charge is 2.22. The van der Waals surface area contributed by atoms with Crippen LogP contribution in [0.3, 0.4) is 0 Å². The van der Waals surface area contributed by atoms with Crippen molar-refractivity contribution in [2.24, 2.45) is 0 Å². The molecule has 0 aromatic heterocycles. The smallest absolute Gasteiger partial charge is 0.244 e. The van der Waals surface area contributed by atoms with Crippen molar-refractivity contribution in [2.45, 2.75) is 24.2 Å². The van der Waals surface area contributed by atoms with Gasteiger partial charge in [-0.2, -0.15) is 4.31 Å². The first-order valence-electron chi connectivity index (χ1n) is 10.7. The van der Waals surface area contributed by atoms with E-state index in [-0.39, 0.29) is 30.3 Å². The Bertz CT molecular complexity index is 1170. The molecule has 0 aliphatic carbocycles. The second-order valence-electron chi connectivity index (χ2n) is 7.54. The summed E-state index contributed by atoms with van der Waals surface area (Å²) in [5.74, 6) is 8.57. The van der Waals surface area contributed by atoms with Gasteiger partial charge in [0.1, 0.15) is 0 Å². The molecule has 0 saturated carbocycles. The minimum Gasteiger partial charge on any atom is -0.292 e. The van der Waals surface area contributed by atoms with E-state index in [1.807, 2.05) is 24.3 Å². The Morgan fingerprint density at radius 2 is 1.64 bits per heavy atom. The zero-order valence-corrected chi connectivity index (χ0v) is 21.2. The van der Waals surface area contributed by atoms with Crippen LogP contribution in [0.2, 0.25) is 0 Å². The molecule has 33 heavy (non-hydrogen) atoms. The van der Waals surface area contributed by atoms with Crippen LogP contribution in [0.1, 0.15) is 18.4 Å². The summed E-state index contributed by atoms with van der Waals surface area (Å²) >= 11 is 2.18. The van der Waals surface area contributed by atoms with E-state index in [1.165, 1.54) is 17.1 Å². The molecule has 0 spiro atoms. The van der Waals surface area contributed by atoms with Gasteiger partial charge in [0, 0.05) is 9.61 Å². The maximum absolute atomic E-state index is 13.1. The molecule has 1 N–H and O–H groups in total. The minimum absolute atomic E-state index is 0.0376. The van der Waals surface area contributed by atoms with Crippen molar-refractivity contribution >= 4 is 38.5 Å². The van der Waals surface area contributed by atoms with Gasteiger partial charge in [-0.15, -0.1) is 0 Å². The lowest BCUT2D eigenvalue weighted by Crippen LogP contribution is -2.32. The second kappa shape index (κ2) is 12.8. The third-order valence-electron chi connectivity index (χ3n) is 5.12. The summed E-state index contributed by atoms with van der Waals surface area (Å²) < 4.78 is 28.4. The fourth-order valence-corrected chi connectivity index (χ4v) is 5.17. The quantitative estimate of drug-likeness (QED) is 0.313. The number of hydrogen-bond acceptors (Lipinski definition) is 4. The maximum atomic E-state index is 13.1. The van der Waals surface area contributed by atoms with Crippen LogP contribution in [0.4, 0.5) is 0 Å². The summed E-state index contributed by atoms with van der Waals surface area (Å²) in [6.07, 6.45) is 2.57. The van der Waals surface area contributed by atoms with E-state index >= 15 is 0 Å². The van der Waals surface area contributed by atoms with E-state index < -0.39 is 10.0 Å². The number of rotatable bonds is 7. The molecule has 1 amide bonds. The van der Waals surface area contributed by atoms with Crippen LogP contribution >= 0.6 is 22.6 Å². The number of carbonyl (C=O) groups is 1. The molecule has 3 rings (SSSR count). The van der Waals surface area contributed by atoms with E-state index in [4.69, 9.17) is 0 Å². The van der Waals surface area contributed by atoms with Crippen molar-refractivity contribution in [2.75, 3.05) is 32.7 Å². The first-order valence-corrected chi connectivity index (χ1v) is 13.2. The molecule has 0 radical (unpaired) electrons. The summed E-state index contributed by atoms with van der Waals surface area (Å²) in [7, 11) is -3.75. The Hall–Kier alpha value is -2.37. The van der Waals surface area contributed by atoms with Crippen molar-refractivity contribution in [3.8, 4) is 23.8 Å². The Morgan fingerprint density at radius 1 is 0.970 bits per heavy atom. The van der Waals surface area contributed by atoms with Crippen molar-refractivity contribution in [1.29, 1.82) is 0 Å².